The summed E-state index contributed by atoms with van der Waals surface area (Å²) in [4.78, 5) is 42.2. The number of methoxy groups -OCH3 is 2. The van der Waals surface area contributed by atoms with Gasteiger partial charge in [-0.05, 0) is 17.7 Å². The summed E-state index contributed by atoms with van der Waals surface area (Å²) >= 11 is 1.52. The molecule has 4 aromatic rings. The normalized spacial score (nSPS) is 12.6. The highest BCUT2D eigenvalue weighted by Gasteiger charge is 2.31. The lowest BCUT2D eigenvalue weighted by Crippen LogP contribution is -2.46. The molecule has 0 bridgehead atoms. The Bertz CT molecular complexity index is 1530. The van der Waals surface area contributed by atoms with E-state index in [1.165, 1.54) is 22.3 Å². The molecule has 0 saturated heterocycles. The van der Waals surface area contributed by atoms with Gasteiger partial charge in [0.2, 0.25) is 5.95 Å². The molecule has 0 saturated carbocycles. The first kappa shape index (κ1) is 25.9. The Morgan fingerprint density at radius 1 is 1.15 bits per heavy atom. The SMILES string of the molecule is C=CC(=O)Cc1ccc(-c2nccs2)cc1Nc1ncc2c(n1)N(C)C(=O)N(c1cc(OC)cc(OC)c1)C2. The van der Waals surface area contributed by atoms with Crippen molar-refractivity contribution < 1.29 is 19.1 Å². The third-order valence-electron chi connectivity index (χ3n) is 6.28. The smallest absolute Gasteiger partial charge is 0.330 e. The van der Waals surface area contributed by atoms with Gasteiger partial charge in [-0.1, -0.05) is 18.7 Å². The summed E-state index contributed by atoms with van der Waals surface area (Å²) in [7, 11) is 4.79. The lowest BCUT2D eigenvalue weighted by atomic mass is 10.0. The van der Waals surface area contributed by atoms with Crippen molar-refractivity contribution in [2.75, 3.05) is 36.4 Å². The van der Waals surface area contributed by atoms with Gasteiger partial charge in [0.15, 0.2) is 5.78 Å². The van der Waals surface area contributed by atoms with Crippen LogP contribution in [0.5, 0.6) is 11.5 Å². The Balaban J connectivity index is 1.46. The molecule has 5 rings (SSSR count). The molecule has 0 spiro atoms. The number of nitrogens with zero attached hydrogens (tertiary/aromatic N) is 5. The number of carbonyl (C=O) groups excluding carboxylic acids is 2. The molecular formula is C28H26N6O4S. The largest absolute Gasteiger partial charge is 0.497 e. The summed E-state index contributed by atoms with van der Waals surface area (Å²) in [6.07, 6.45) is 4.91. The lowest BCUT2D eigenvalue weighted by molar-refractivity contribution is -0.114. The number of hydrogen-bond donors (Lipinski definition) is 1. The fourth-order valence-corrected chi connectivity index (χ4v) is 4.88. The van der Waals surface area contributed by atoms with Crippen LogP contribution in [0.15, 0.2) is 66.8 Å². The van der Waals surface area contributed by atoms with E-state index in [-0.39, 0.29) is 24.8 Å². The molecule has 0 aliphatic carbocycles. The Morgan fingerprint density at radius 2 is 1.92 bits per heavy atom. The van der Waals surface area contributed by atoms with Crippen LogP contribution >= 0.6 is 11.3 Å². The van der Waals surface area contributed by atoms with Crippen LogP contribution in [-0.2, 0) is 17.8 Å². The molecular weight excluding hydrogens is 516 g/mol. The molecule has 39 heavy (non-hydrogen) atoms. The molecule has 0 unspecified atom stereocenters. The minimum atomic E-state index is -0.259. The van der Waals surface area contributed by atoms with E-state index in [1.54, 1.807) is 56.8 Å². The number of anilines is 4. The maximum absolute atomic E-state index is 13.4. The van der Waals surface area contributed by atoms with Crippen molar-refractivity contribution in [1.82, 2.24) is 15.0 Å². The molecule has 0 atom stereocenters. The topological polar surface area (TPSA) is 110 Å². The van der Waals surface area contributed by atoms with Crippen LogP contribution in [0.4, 0.5) is 27.9 Å². The van der Waals surface area contributed by atoms with Gasteiger partial charge in [0.1, 0.15) is 22.3 Å². The Labute approximate surface area is 229 Å². The molecule has 1 aliphatic heterocycles. The number of ketones is 1. The van der Waals surface area contributed by atoms with Crippen LogP contribution in [0.2, 0.25) is 0 Å². The number of rotatable bonds is 9. The van der Waals surface area contributed by atoms with Crippen molar-refractivity contribution in [3.8, 4) is 22.1 Å². The maximum Gasteiger partial charge on any atom is 0.330 e. The number of fused-ring (bicyclic) bond motifs is 1. The molecule has 1 aliphatic rings. The van der Waals surface area contributed by atoms with E-state index >= 15 is 0 Å². The summed E-state index contributed by atoms with van der Waals surface area (Å²) in [6.45, 7) is 3.85. The van der Waals surface area contributed by atoms with Crippen molar-refractivity contribution >= 4 is 46.3 Å². The number of urea groups is 1. The summed E-state index contributed by atoms with van der Waals surface area (Å²) in [5.41, 5.74) is 3.74. The number of amides is 2. The van der Waals surface area contributed by atoms with Gasteiger partial charge in [0.25, 0.3) is 0 Å². The van der Waals surface area contributed by atoms with E-state index in [1.807, 2.05) is 23.6 Å². The average Bonchev–Trinajstić information content (AvgIpc) is 3.51. The van der Waals surface area contributed by atoms with Gasteiger partial charge in [-0.3, -0.25) is 14.6 Å². The van der Waals surface area contributed by atoms with Crippen molar-refractivity contribution in [1.29, 1.82) is 0 Å². The number of aromatic nitrogens is 3. The maximum atomic E-state index is 13.4. The van der Waals surface area contributed by atoms with Crippen molar-refractivity contribution in [3.05, 3.63) is 78.0 Å². The second kappa shape index (κ2) is 10.9. The molecule has 2 aromatic carbocycles. The third-order valence-corrected chi connectivity index (χ3v) is 7.10. The van der Waals surface area contributed by atoms with Crippen LogP contribution in [0.25, 0.3) is 10.6 Å². The van der Waals surface area contributed by atoms with Gasteiger partial charge in [-0.15, -0.1) is 11.3 Å². The average molecular weight is 543 g/mol. The lowest BCUT2D eigenvalue weighted by Gasteiger charge is -2.34. The Morgan fingerprint density at radius 3 is 2.59 bits per heavy atom. The van der Waals surface area contributed by atoms with E-state index in [4.69, 9.17) is 9.47 Å². The monoisotopic (exact) mass is 542 g/mol. The number of ether oxygens (including phenoxy) is 2. The van der Waals surface area contributed by atoms with E-state index in [0.29, 0.717) is 34.6 Å². The zero-order valence-corrected chi connectivity index (χ0v) is 22.5. The van der Waals surface area contributed by atoms with E-state index in [2.05, 4.69) is 26.8 Å². The van der Waals surface area contributed by atoms with Gasteiger partial charge in [-0.2, -0.15) is 4.98 Å². The second-order valence-electron chi connectivity index (χ2n) is 8.72. The molecule has 198 valence electrons. The molecule has 0 fully saturated rings. The molecule has 2 amide bonds. The van der Waals surface area contributed by atoms with Gasteiger partial charge in [-0.25, -0.2) is 14.8 Å². The predicted octanol–water partition coefficient (Wildman–Crippen LogP) is 5.23. The first-order valence-electron chi connectivity index (χ1n) is 12.0. The Kier molecular flexibility index (Phi) is 7.24. The molecule has 3 heterocycles. The highest BCUT2D eigenvalue weighted by atomic mass is 32.1. The number of allylic oxidation sites excluding steroid dienone is 1. The predicted molar refractivity (Wildman–Crippen MR) is 151 cm³/mol. The number of carbonyl (C=O) groups is 2. The minimum absolute atomic E-state index is 0.106. The van der Waals surface area contributed by atoms with Crippen molar-refractivity contribution in [2.24, 2.45) is 0 Å². The first-order valence-corrected chi connectivity index (χ1v) is 12.9. The standard InChI is InChI=1S/C28H26N6O4S/c1-5-21(35)10-17-6-7-18(26-29-8-9-39-26)11-24(17)31-27-30-15-19-16-34(28(36)33(2)25(19)32-27)20-12-22(37-3)14-23(13-20)38-4/h5-9,11-15H,1,10,16H2,2-4H3,(H,30,31,32). The van der Waals surface area contributed by atoms with Gasteiger partial charge >= 0.3 is 6.03 Å². The quantitative estimate of drug-likeness (QED) is 0.286. The second-order valence-corrected chi connectivity index (χ2v) is 9.62. The summed E-state index contributed by atoms with van der Waals surface area (Å²) in [6, 6.07) is 10.8. The van der Waals surface area contributed by atoms with Crippen LogP contribution < -0.4 is 24.6 Å². The van der Waals surface area contributed by atoms with E-state index < -0.39 is 0 Å². The van der Waals surface area contributed by atoms with E-state index in [0.717, 1.165) is 21.7 Å². The fraction of sp³-hybridized carbons (Fsp3) is 0.179. The summed E-state index contributed by atoms with van der Waals surface area (Å²) in [5, 5.41) is 6.00. The zero-order valence-electron chi connectivity index (χ0n) is 21.7. The summed E-state index contributed by atoms with van der Waals surface area (Å²) < 4.78 is 10.7. The number of hydrogen-bond acceptors (Lipinski definition) is 9. The highest BCUT2D eigenvalue weighted by Crippen LogP contribution is 2.35. The Hall–Kier alpha value is -4.77. The third kappa shape index (κ3) is 5.30. The molecule has 11 heteroatoms. The van der Waals surface area contributed by atoms with Crippen molar-refractivity contribution in [3.63, 3.8) is 0 Å². The number of thiazole rings is 1. The van der Waals surface area contributed by atoms with Crippen LogP contribution in [0.3, 0.4) is 0 Å². The molecule has 1 N–H and O–H groups in total. The number of nitrogens with one attached hydrogen (secondary N) is 1. The number of benzene rings is 2. The van der Waals surface area contributed by atoms with Gasteiger partial charge < -0.3 is 14.8 Å². The fourth-order valence-electron chi connectivity index (χ4n) is 4.25. The summed E-state index contributed by atoms with van der Waals surface area (Å²) in [5.74, 6) is 1.84. The molecule has 10 nitrogen and oxygen atoms in total. The van der Waals surface area contributed by atoms with Gasteiger partial charge in [0.05, 0.1) is 26.5 Å². The zero-order chi connectivity index (χ0) is 27.5. The van der Waals surface area contributed by atoms with Crippen molar-refractivity contribution in [2.45, 2.75) is 13.0 Å². The highest BCUT2D eigenvalue weighted by molar-refractivity contribution is 7.13. The van der Waals surface area contributed by atoms with E-state index in [9.17, 15) is 9.59 Å². The molecule has 2 aromatic heterocycles. The minimum Gasteiger partial charge on any atom is -0.497 e. The first-order chi connectivity index (χ1) is 18.9. The van der Waals surface area contributed by atoms with Crippen LogP contribution in [0.1, 0.15) is 11.1 Å². The van der Waals surface area contributed by atoms with Crippen LogP contribution in [-0.4, -0.2) is 48.0 Å². The van der Waals surface area contributed by atoms with Crippen LogP contribution in [0, 0.1) is 0 Å². The molecule has 0 radical (unpaired) electrons. The van der Waals surface area contributed by atoms with Gasteiger partial charge in [0, 0.05) is 66.3 Å².